The maximum absolute atomic E-state index is 5.97. The van der Waals surface area contributed by atoms with Gasteiger partial charge in [0, 0.05) is 19.6 Å². The van der Waals surface area contributed by atoms with Gasteiger partial charge in [-0.15, -0.1) is 0 Å². The summed E-state index contributed by atoms with van der Waals surface area (Å²) < 4.78 is 0. The summed E-state index contributed by atoms with van der Waals surface area (Å²) in [6.45, 7) is 2.94. The number of nitrogens with zero attached hydrogens (tertiary/aromatic N) is 4. The Morgan fingerprint density at radius 3 is 2.68 bits per heavy atom. The van der Waals surface area contributed by atoms with E-state index in [1.807, 2.05) is 0 Å². The van der Waals surface area contributed by atoms with E-state index in [0.717, 1.165) is 25.6 Å². The van der Waals surface area contributed by atoms with Crippen LogP contribution in [0.3, 0.4) is 0 Å². The summed E-state index contributed by atoms with van der Waals surface area (Å²) in [5.41, 5.74) is 0. The molecule has 2 heterocycles. The van der Waals surface area contributed by atoms with Gasteiger partial charge in [0.05, 0.1) is 0 Å². The van der Waals surface area contributed by atoms with Crippen LogP contribution >= 0.6 is 11.6 Å². The highest BCUT2D eigenvalue weighted by Crippen LogP contribution is 2.33. The van der Waals surface area contributed by atoms with Crippen molar-refractivity contribution < 1.29 is 0 Å². The molecule has 104 valence electrons. The first-order valence-electron chi connectivity index (χ1n) is 7.21. The average molecular weight is 282 g/mol. The molecule has 0 spiro atoms. The zero-order chi connectivity index (χ0) is 13.1. The van der Waals surface area contributed by atoms with Gasteiger partial charge >= 0.3 is 0 Å². The van der Waals surface area contributed by atoms with E-state index in [9.17, 15) is 0 Å². The van der Waals surface area contributed by atoms with Crippen molar-refractivity contribution in [1.29, 1.82) is 0 Å². The summed E-state index contributed by atoms with van der Waals surface area (Å²) in [6, 6.07) is 0. The summed E-state index contributed by atoms with van der Waals surface area (Å²) in [5.74, 6) is 2.30. The molecule has 0 unspecified atom stereocenters. The van der Waals surface area contributed by atoms with Crippen molar-refractivity contribution in [3.63, 3.8) is 0 Å². The molecule has 2 aliphatic rings. The van der Waals surface area contributed by atoms with Crippen molar-refractivity contribution in [3.05, 3.63) is 5.28 Å². The zero-order valence-corrected chi connectivity index (χ0v) is 11.9. The second-order valence-electron chi connectivity index (χ2n) is 5.43. The molecule has 1 aliphatic heterocycles. The van der Waals surface area contributed by atoms with Gasteiger partial charge in [-0.05, 0) is 43.2 Å². The monoisotopic (exact) mass is 281 g/mol. The summed E-state index contributed by atoms with van der Waals surface area (Å²) >= 11 is 5.97. The number of nitrogens with one attached hydrogen (secondary N) is 1. The van der Waals surface area contributed by atoms with Crippen LogP contribution in [0.2, 0.25) is 5.28 Å². The van der Waals surface area contributed by atoms with Gasteiger partial charge in [0.2, 0.25) is 17.2 Å². The molecule has 1 saturated heterocycles. The highest BCUT2D eigenvalue weighted by Gasteiger charge is 2.20. The lowest BCUT2D eigenvalue weighted by Crippen LogP contribution is -2.21. The largest absolute Gasteiger partial charge is 0.354 e. The first-order valence-corrected chi connectivity index (χ1v) is 7.59. The van der Waals surface area contributed by atoms with Gasteiger partial charge in [-0.3, -0.25) is 0 Å². The van der Waals surface area contributed by atoms with Crippen LogP contribution in [-0.2, 0) is 0 Å². The number of hydrogen-bond acceptors (Lipinski definition) is 5. The molecule has 5 nitrogen and oxygen atoms in total. The van der Waals surface area contributed by atoms with Crippen molar-refractivity contribution in [1.82, 2.24) is 15.0 Å². The normalized spacial score (nSPS) is 18.9. The predicted molar refractivity (Wildman–Crippen MR) is 76.7 cm³/mol. The Bertz CT molecular complexity index is 429. The zero-order valence-electron chi connectivity index (χ0n) is 11.1. The smallest absolute Gasteiger partial charge is 0.231 e. The van der Waals surface area contributed by atoms with E-state index < -0.39 is 0 Å². The Kier molecular flexibility index (Phi) is 4.01. The number of aromatic nitrogens is 3. The van der Waals surface area contributed by atoms with E-state index in [4.69, 9.17) is 11.6 Å². The average Bonchev–Trinajstić information content (AvgIpc) is 3.05. The lowest BCUT2D eigenvalue weighted by Gasteiger charge is -2.15. The molecule has 6 heteroatoms. The summed E-state index contributed by atoms with van der Waals surface area (Å²) in [4.78, 5) is 15.0. The maximum Gasteiger partial charge on any atom is 0.231 e. The van der Waals surface area contributed by atoms with Crippen LogP contribution in [0, 0.1) is 5.92 Å². The summed E-state index contributed by atoms with van der Waals surface area (Å²) in [5, 5.41) is 3.54. The van der Waals surface area contributed by atoms with Gasteiger partial charge in [0.1, 0.15) is 0 Å². The third-order valence-electron chi connectivity index (χ3n) is 3.75. The standard InChI is InChI=1S/C13H20ClN5/c14-11-16-12(15-7-3-4-10-5-6-10)18-13(17-11)19-8-1-2-9-19/h10H,1-9H2,(H,15,16,17,18). The van der Waals surface area contributed by atoms with Crippen LogP contribution in [0.15, 0.2) is 0 Å². The van der Waals surface area contributed by atoms with Crippen LogP contribution in [0.4, 0.5) is 11.9 Å². The molecule has 0 bridgehead atoms. The van der Waals surface area contributed by atoms with E-state index >= 15 is 0 Å². The molecular weight excluding hydrogens is 262 g/mol. The van der Waals surface area contributed by atoms with Crippen LogP contribution in [0.25, 0.3) is 0 Å². The molecule has 0 aromatic carbocycles. The second kappa shape index (κ2) is 5.90. The topological polar surface area (TPSA) is 53.9 Å². The lowest BCUT2D eigenvalue weighted by molar-refractivity contribution is 0.685. The van der Waals surface area contributed by atoms with Gasteiger partial charge in [-0.1, -0.05) is 12.8 Å². The maximum atomic E-state index is 5.97. The van der Waals surface area contributed by atoms with Crippen molar-refractivity contribution in [2.45, 2.75) is 38.5 Å². The van der Waals surface area contributed by atoms with Crippen LogP contribution in [0.5, 0.6) is 0 Å². The van der Waals surface area contributed by atoms with Crippen LogP contribution in [-0.4, -0.2) is 34.6 Å². The van der Waals surface area contributed by atoms with E-state index in [1.54, 1.807) is 0 Å². The van der Waals surface area contributed by atoms with E-state index in [1.165, 1.54) is 38.5 Å². The molecule has 0 amide bonds. The Hall–Kier alpha value is -1.10. The number of hydrogen-bond donors (Lipinski definition) is 1. The Morgan fingerprint density at radius 2 is 1.95 bits per heavy atom. The Balaban J connectivity index is 1.56. The first-order chi connectivity index (χ1) is 9.31. The number of halogens is 1. The minimum Gasteiger partial charge on any atom is -0.354 e. The second-order valence-corrected chi connectivity index (χ2v) is 5.77. The highest BCUT2D eigenvalue weighted by atomic mass is 35.5. The van der Waals surface area contributed by atoms with Crippen LogP contribution in [0.1, 0.15) is 38.5 Å². The first kappa shape index (κ1) is 12.9. The molecule has 3 rings (SSSR count). The van der Waals surface area contributed by atoms with Crippen molar-refractivity contribution in [3.8, 4) is 0 Å². The van der Waals surface area contributed by atoms with Gasteiger partial charge in [0.15, 0.2) is 0 Å². The molecule has 1 aromatic heterocycles. The fraction of sp³-hybridized carbons (Fsp3) is 0.769. The van der Waals surface area contributed by atoms with Crippen molar-refractivity contribution in [2.75, 3.05) is 29.9 Å². The van der Waals surface area contributed by atoms with E-state index in [2.05, 4.69) is 25.2 Å². The molecule has 1 saturated carbocycles. The van der Waals surface area contributed by atoms with Gasteiger partial charge < -0.3 is 10.2 Å². The fourth-order valence-corrected chi connectivity index (χ4v) is 2.63. The third kappa shape index (κ3) is 3.69. The summed E-state index contributed by atoms with van der Waals surface area (Å²) in [6.07, 6.45) is 7.71. The molecule has 1 N–H and O–H groups in total. The molecular formula is C13H20ClN5. The predicted octanol–water partition coefficient (Wildman–Crippen LogP) is 2.73. The Morgan fingerprint density at radius 1 is 1.16 bits per heavy atom. The minimum atomic E-state index is 0.279. The molecule has 1 aromatic rings. The van der Waals surface area contributed by atoms with Crippen LogP contribution < -0.4 is 10.2 Å². The quantitative estimate of drug-likeness (QED) is 0.813. The summed E-state index contributed by atoms with van der Waals surface area (Å²) in [7, 11) is 0. The molecule has 0 radical (unpaired) electrons. The van der Waals surface area contributed by atoms with Crippen molar-refractivity contribution >= 4 is 23.5 Å². The van der Waals surface area contributed by atoms with Gasteiger partial charge in [0.25, 0.3) is 0 Å². The molecule has 0 atom stereocenters. The molecule has 2 fully saturated rings. The Labute approximate surface area is 118 Å². The van der Waals surface area contributed by atoms with Crippen molar-refractivity contribution in [2.24, 2.45) is 5.92 Å². The van der Waals surface area contributed by atoms with E-state index in [0.29, 0.717) is 11.9 Å². The third-order valence-corrected chi connectivity index (χ3v) is 3.92. The van der Waals surface area contributed by atoms with E-state index in [-0.39, 0.29) is 5.28 Å². The SMILES string of the molecule is Clc1nc(NCCCC2CC2)nc(N2CCCC2)n1. The number of rotatable bonds is 6. The number of anilines is 2. The van der Waals surface area contributed by atoms with Gasteiger partial charge in [-0.2, -0.15) is 15.0 Å². The van der Waals surface area contributed by atoms with Gasteiger partial charge in [-0.25, -0.2) is 0 Å². The molecule has 1 aliphatic carbocycles. The fourth-order valence-electron chi connectivity index (χ4n) is 2.47. The minimum absolute atomic E-state index is 0.279. The lowest BCUT2D eigenvalue weighted by atomic mass is 10.2. The molecule has 19 heavy (non-hydrogen) atoms. The highest BCUT2D eigenvalue weighted by molar-refractivity contribution is 6.28.